The second kappa shape index (κ2) is 7.92. The summed E-state index contributed by atoms with van der Waals surface area (Å²) in [5.41, 5.74) is 2.97. The Hall–Kier alpha value is -2.67. The molecular formula is C20H26N4O3. The maximum absolute atomic E-state index is 12.5. The standard InChI is InChI=1S/C20H26N4O3/c1-14(2)19(23-9-8-15-6-4-5-7-16(15)12-23)11-21-20(25)18-10-17(24(26)27)13-22(18)3/h4-7,10,13-14,19H,8-9,11-12H2,1-3H3,(H,21,25). The van der Waals surface area contributed by atoms with E-state index in [1.165, 1.54) is 28.0 Å². The zero-order chi connectivity index (χ0) is 19.6. The predicted molar refractivity (Wildman–Crippen MR) is 104 cm³/mol. The molecule has 1 atom stereocenters. The van der Waals surface area contributed by atoms with Crippen molar-refractivity contribution < 1.29 is 9.72 Å². The zero-order valence-corrected chi connectivity index (χ0v) is 16.0. The van der Waals surface area contributed by atoms with Gasteiger partial charge in [-0.3, -0.25) is 19.8 Å². The van der Waals surface area contributed by atoms with Crippen LogP contribution >= 0.6 is 0 Å². The van der Waals surface area contributed by atoms with E-state index in [0.29, 0.717) is 18.2 Å². The Labute approximate surface area is 159 Å². The van der Waals surface area contributed by atoms with E-state index in [4.69, 9.17) is 0 Å². The molecule has 1 aromatic carbocycles. The minimum atomic E-state index is -0.487. The fraction of sp³-hybridized carbons (Fsp3) is 0.450. The number of hydrogen-bond acceptors (Lipinski definition) is 4. The second-order valence-electron chi connectivity index (χ2n) is 7.46. The summed E-state index contributed by atoms with van der Waals surface area (Å²) in [6.07, 6.45) is 2.37. The van der Waals surface area contributed by atoms with Crippen molar-refractivity contribution in [3.05, 3.63) is 63.5 Å². The van der Waals surface area contributed by atoms with Crippen molar-refractivity contribution in [2.75, 3.05) is 13.1 Å². The number of carbonyl (C=O) groups is 1. The van der Waals surface area contributed by atoms with E-state index < -0.39 is 4.92 Å². The normalized spacial score (nSPS) is 15.4. The van der Waals surface area contributed by atoms with Crippen molar-refractivity contribution in [3.63, 3.8) is 0 Å². The molecule has 0 spiro atoms. The monoisotopic (exact) mass is 370 g/mol. The summed E-state index contributed by atoms with van der Waals surface area (Å²) >= 11 is 0. The van der Waals surface area contributed by atoms with E-state index in [2.05, 4.69) is 48.3 Å². The molecule has 1 amide bonds. The third-order valence-electron chi connectivity index (χ3n) is 5.30. The van der Waals surface area contributed by atoms with Crippen LogP contribution in [0, 0.1) is 16.0 Å². The quantitative estimate of drug-likeness (QED) is 0.626. The fourth-order valence-electron chi connectivity index (χ4n) is 3.75. The van der Waals surface area contributed by atoms with Crippen LogP contribution in [0.5, 0.6) is 0 Å². The van der Waals surface area contributed by atoms with Gasteiger partial charge in [0.1, 0.15) is 5.69 Å². The van der Waals surface area contributed by atoms with Crippen LogP contribution in [0.3, 0.4) is 0 Å². The molecule has 144 valence electrons. The highest BCUT2D eigenvalue weighted by molar-refractivity contribution is 5.93. The number of nitro groups is 1. The Balaban J connectivity index is 1.67. The van der Waals surface area contributed by atoms with E-state index in [1.54, 1.807) is 7.05 Å². The van der Waals surface area contributed by atoms with Crippen molar-refractivity contribution in [3.8, 4) is 0 Å². The van der Waals surface area contributed by atoms with Gasteiger partial charge in [0.25, 0.3) is 11.6 Å². The largest absolute Gasteiger partial charge is 0.349 e. The third kappa shape index (κ3) is 4.19. The molecule has 1 aromatic heterocycles. The highest BCUT2D eigenvalue weighted by Crippen LogP contribution is 2.23. The molecule has 1 unspecified atom stereocenters. The topological polar surface area (TPSA) is 80.4 Å². The van der Waals surface area contributed by atoms with Crippen LogP contribution in [-0.2, 0) is 20.0 Å². The summed E-state index contributed by atoms with van der Waals surface area (Å²) in [4.78, 5) is 25.4. The molecule has 27 heavy (non-hydrogen) atoms. The maximum Gasteiger partial charge on any atom is 0.287 e. The molecule has 1 aliphatic rings. The van der Waals surface area contributed by atoms with Gasteiger partial charge in [-0.15, -0.1) is 0 Å². The number of aryl methyl sites for hydroxylation is 1. The average Bonchev–Trinajstić information content (AvgIpc) is 3.03. The first-order chi connectivity index (χ1) is 12.9. The molecule has 2 aromatic rings. The number of carbonyl (C=O) groups excluding carboxylic acids is 1. The van der Waals surface area contributed by atoms with Crippen LogP contribution < -0.4 is 5.32 Å². The first-order valence-corrected chi connectivity index (χ1v) is 9.26. The third-order valence-corrected chi connectivity index (χ3v) is 5.30. The van der Waals surface area contributed by atoms with Crippen molar-refractivity contribution >= 4 is 11.6 Å². The zero-order valence-electron chi connectivity index (χ0n) is 16.0. The van der Waals surface area contributed by atoms with Gasteiger partial charge in [-0.25, -0.2) is 0 Å². The summed E-state index contributed by atoms with van der Waals surface area (Å²) in [6, 6.07) is 10.0. The number of fused-ring (bicyclic) bond motifs is 1. The second-order valence-corrected chi connectivity index (χ2v) is 7.46. The van der Waals surface area contributed by atoms with Crippen molar-refractivity contribution in [2.45, 2.75) is 32.9 Å². The summed E-state index contributed by atoms with van der Waals surface area (Å²) in [7, 11) is 1.64. The van der Waals surface area contributed by atoms with E-state index in [0.717, 1.165) is 19.5 Å². The van der Waals surface area contributed by atoms with Gasteiger partial charge >= 0.3 is 0 Å². The van der Waals surface area contributed by atoms with Crippen LogP contribution in [0.2, 0.25) is 0 Å². The molecule has 7 nitrogen and oxygen atoms in total. The minimum Gasteiger partial charge on any atom is -0.349 e. The van der Waals surface area contributed by atoms with Gasteiger partial charge in [0.15, 0.2) is 0 Å². The van der Waals surface area contributed by atoms with E-state index >= 15 is 0 Å². The average molecular weight is 370 g/mol. The lowest BCUT2D eigenvalue weighted by Crippen LogP contribution is -2.48. The summed E-state index contributed by atoms with van der Waals surface area (Å²) in [5, 5.41) is 13.9. The lowest BCUT2D eigenvalue weighted by atomic mass is 9.95. The van der Waals surface area contributed by atoms with Gasteiger partial charge < -0.3 is 9.88 Å². The van der Waals surface area contributed by atoms with Gasteiger partial charge in [-0.1, -0.05) is 38.1 Å². The first-order valence-electron chi connectivity index (χ1n) is 9.26. The van der Waals surface area contributed by atoms with Crippen LogP contribution in [-0.4, -0.2) is 39.4 Å². The van der Waals surface area contributed by atoms with Gasteiger partial charge in [0, 0.05) is 38.8 Å². The van der Waals surface area contributed by atoms with Gasteiger partial charge in [-0.2, -0.15) is 0 Å². The number of nitrogens with one attached hydrogen (secondary N) is 1. The number of nitrogens with zero attached hydrogens (tertiary/aromatic N) is 3. The Morgan fingerprint density at radius 2 is 2.00 bits per heavy atom. The highest BCUT2D eigenvalue weighted by Gasteiger charge is 2.27. The molecule has 0 saturated carbocycles. The Bertz CT molecular complexity index is 844. The van der Waals surface area contributed by atoms with Crippen LogP contribution in [0.1, 0.15) is 35.5 Å². The molecule has 0 aliphatic carbocycles. The molecular weight excluding hydrogens is 344 g/mol. The fourth-order valence-corrected chi connectivity index (χ4v) is 3.75. The van der Waals surface area contributed by atoms with Crippen LogP contribution in [0.4, 0.5) is 5.69 Å². The van der Waals surface area contributed by atoms with Crippen LogP contribution in [0.25, 0.3) is 0 Å². The Morgan fingerprint density at radius 3 is 2.63 bits per heavy atom. The van der Waals surface area contributed by atoms with E-state index in [9.17, 15) is 14.9 Å². The van der Waals surface area contributed by atoms with Crippen molar-refractivity contribution in [2.24, 2.45) is 13.0 Å². The molecule has 0 fully saturated rings. The Kier molecular flexibility index (Phi) is 5.60. The number of aromatic nitrogens is 1. The molecule has 1 aliphatic heterocycles. The van der Waals surface area contributed by atoms with Gasteiger partial charge in [-0.05, 0) is 23.5 Å². The van der Waals surface area contributed by atoms with Crippen LogP contribution in [0.15, 0.2) is 36.5 Å². The molecule has 7 heteroatoms. The Morgan fingerprint density at radius 1 is 1.30 bits per heavy atom. The first kappa shape index (κ1) is 19.1. The predicted octanol–water partition coefficient (Wildman–Crippen LogP) is 2.75. The molecule has 2 heterocycles. The number of benzene rings is 1. The molecule has 1 N–H and O–H groups in total. The smallest absolute Gasteiger partial charge is 0.287 e. The van der Waals surface area contributed by atoms with Gasteiger partial charge in [0.2, 0.25) is 0 Å². The molecule has 3 rings (SSSR count). The summed E-state index contributed by atoms with van der Waals surface area (Å²) in [6.45, 7) is 6.67. The van der Waals surface area contributed by atoms with Crippen molar-refractivity contribution in [1.29, 1.82) is 0 Å². The lowest BCUT2D eigenvalue weighted by Gasteiger charge is -2.38. The summed E-state index contributed by atoms with van der Waals surface area (Å²) < 4.78 is 1.50. The lowest BCUT2D eigenvalue weighted by molar-refractivity contribution is -0.384. The molecule has 0 radical (unpaired) electrons. The van der Waals surface area contributed by atoms with Crippen molar-refractivity contribution in [1.82, 2.24) is 14.8 Å². The SMILES string of the molecule is CC(C)C(CNC(=O)c1cc([N+](=O)[O-])cn1C)N1CCc2ccccc2C1. The number of rotatable bonds is 6. The number of amides is 1. The highest BCUT2D eigenvalue weighted by atomic mass is 16.6. The molecule has 0 saturated heterocycles. The molecule has 0 bridgehead atoms. The summed E-state index contributed by atoms with van der Waals surface area (Å²) in [5.74, 6) is 0.0898. The van der Waals surface area contributed by atoms with Gasteiger partial charge in [0.05, 0.1) is 11.1 Å². The van der Waals surface area contributed by atoms with E-state index in [1.807, 2.05) is 0 Å². The maximum atomic E-state index is 12.5. The van der Waals surface area contributed by atoms with E-state index in [-0.39, 0.29) is 17.6 Å². The minimum absolute atomic E-state index is 0.0734. The number of hydrogen-bond donors (Lipinski definition) is 1.